The molecule has 2 aromatic rings. The lowest BCUT2D eigenvalue weighted by molar-refractivity contribution is -0.0286. The minimum absolute atomic E-state index is 0.0901. The van der Waals surface area contributed by atoms with Crippen LogP contribution in [0.25, 0.3) is 0 Å². The molecule has 1 aliphatic rings. The molecule has 0 radical (unpaired) electrons. The third-order valence-corrected chi connectivity index (χ3v) is 5.66. The number of benzene rings is 2. The lowest BCUT2D eigenvalue weighted by atomic mass is 10.1. The van der Waals surface area contributed by atoms with Gasteiger partial charge in [0.15, 0.2) is 5.78 Å². The van der Waals surface area contributed by atoms with E-state index in [1.54, 1.807) is 37.4 Å². The largest absolute Gasteiger partial charge is 0.497 e. The van der Waals surface area contributed by atoms with E-state index in [0.717, 1.165) is 18.7 Å². The number of urea groups is 1. The second kappa shape index (κ2) is 11.3. The van der Waals surface area contributed by atoms with Gasteiger partial charge < -0.3 is 20.1 Å². The number of nitrogens with zero attached hydrogens (tertiary/aromatic N) is 1. The van der Waals surface area contributed by atoms with Crippen LogP contribution in [0.15, 0.2) is 42.5 Å². The molecule has 2 aromatic carbocycles. The number of morpholine rings is 1. The highest BCUT2D eigenvalue weighted by atomic mass is 35.5. The zero-order valence-electron chi connectivity index (χ0n) is 17.2. The molecule has 0 spiro atoms. The van der Waals surface area contributed by atoms with E-state index in [-0.39, 0.29) is 18.4 Å². The van der Waals surface area contributed by atoms with Crippen molar-refractivity contribution in [2.45, 2.75) is 12.6 Å². The maximum Gasteiger partial charge on any atom is 0.315 e. The molecule has 1 fully saturated rings. The third kappa shape index (κ3) is 7.11. The molecule has 1 saturated heterocycles. The summed E-state index contributed by atoms with van der Waals surface area (Å²) < 4.78 is 10.8. The Morgan fingerprint density at radius 1 is 1.13 bits per heavy atom. The van der Waals surface area contributed by atoms with Crippen molar-refractivity contribution in [3.8, 4) is 5.75 Å². The molecule has 1 atom stereocenters. The van der Waals surface area contributed by atoms with Gasteiger partial charge in [0.2, 0.25) is 0 Å². The van der Waals surface area contributed by atoms with Crippen molar-refractivity contribution in [3.63, 3.8) is 0 Å². The zero-order valence-corrected chi connectivity index (χ0v) is 18.7. The fraction of sp³-hybridized carbons (Fsp3) is 0.364. The van der Waals surface area contributed by atoms with Crippen LogP contribution in [0.1, 0.15) is 15.9 Å². The number of ether oxygens (including phenoxy) is 2. The molecule has 1 heterocycles. The van der Waals surface area contributed by atoms with Crippen LogP contribution in [0.3, 0.4) is 0 Å². The maximum absolute atomic E-state index is 12.2. The number of carbonyl (C=O) groups excluding carboxylic acids is 2. The topological polar surface area (TPSA) is 79.9 Å². The van der Waals surface area contributed by atoms with Gasteiger partial charge in [-0.05, 0) is 42.0 Å². The van der Waals surface area contributed by atoms with Gasteiger partial charge in [0.1, 0.15) is 5.75 Å². The SMILES string of the molecule is COc1ccc(C(=O)CNC(=O)NC[C@H]2CN(Cc3ccc(Cl)c(Cl)c3)CCO2)cc1. The van der Waals surface area contributed by atoms with E-state index in [1.165, 1.54) is 0 Å². The van der Waals surface area contributed by atoms with Crippen molar-refractivity contribution < 1.29 is 19.1 Å². The molecule has 3 rings (SSSR count). The average Bonchev–Trinajstić information content (AvgIpc) is 2.79. The monoisotopic (exact) mass is 465 g/mol. The first kappa shape index (κ1) is 23.3. The molecule has 166 valence electrons. The van der Waals surface area contributed by atoms with E-state index in [9.17, 15) is 9.59 Å². The summed E-state index contributed by atoms with van der Waals surface area (Å²) in [5.74, 6) is 0.488. The molecular weight excluding hydrogens is 441 g/mol. The number of halogens is 2. The Bertz CT molecular complexity index is 908. The summed E-state index contributed by atoms with van der Waals surface area (Å²) in [4.78, 5) is 26.5. The Kier molecular flexibility index (Phi) is 8.54. The quantitative estimate of drug-likeness (QED) is 0.584. The highest BCUT2D eigenvalue weighted by Crippen LogP contribution is 2.23. The molecule has 0 aromatic heterocycles. The number of hydrogen-bond donors (Lipinski definition) is 2. The minimum Gasteiger partial charge on any atom is -0.497 e. The van der Waals surface area contributed by atoms with E-state index < -0.39 is 6.03 Å². The molecule has 2 amide bonds. The zero-order chi connectivity index (χ0) is 22.2. The van der Waals surface area contributed by atoms with E-state index >= 15 is 0 Å². The number of rotatable bonds is 8. The molecule has 0 unspecified atom stereocenters. The molecule has 31 heavy (non-hydrogen) atoms. The number of nitrogens with one attached hydrogen (secondary N) is 2. The van der Waals surface area contributed by atoms with Crippen molar-refractivity contribution >= 4 is 35.0 Å². The number of carbonyl (C=O) groups is 2. The van der Waals surface area contributed by atoms with Gasteiger partial charge in [0.05, 0.1) is 36.4 Å². The van der Waals surface area contributed by atoms with Crippen LogP contribution in [0.4, 0.5) is 4.79 Å². The minimum atomic E-state index is -0.410. The maximum atomic E-state index is 12.2. The first-order valence-corrected chi connectivity index (χ1v) is 10.7. The van der Waals surface area contributed by atoms with Crippen molar-refractivity contribution in [3.05, 3.63) is 63.6 Å². The van der Waals surface area contributed by atoms with Gasteiger partial charge in [0.25, 0.3) is 0 Å². The molecule has 0 aliphatic carbocycles. The van der Waals surface area contributed by atoms with Crippen LogP contribution < -0.4 is 15.4 Å². The lowest BCUT2D eigenvalue weighted by Gasteiger charge is -2.33. The Morgan fingerprint density at radius 2 is 1.90 bits per heavy atom. The summed E-state index contributed by atoms with van der Waals surface area (Å²) in [5, 5.41) is 6.42. The van der Waals surface area contributed by atoms with Crippen LogP contribution in [-0.2, 0) is 11.3 Å². The molecule has 0 saturated carbocycles. The highest BCUT2D eigenvalue weighted by Gasteiger charge is 2.21. The molecule has 2 N–H and O–H groups in total. The lowest BCUT2D eigenvalue weighted by Crippen LogP contribution is -2.49. The van der Waals surface area contributed by atoms with Gasteiger partial charge in [-0.3, -0.25) is 9.69 Å². The smallest absolute Gasteiger partial charge is 0.315 e. The summed E-state index contributed by atoms with van der Waals surface area (Å²) >= 11 is 12.1. The predicted octanol–water partition coefficient (Wildman–Crippen LogP) is 3.38. The molecule has 0 bridgehead atoms. The summed E-state index contributed by atoms with van der Waals surface area (Å²) in [5.41, 5.74) is 1.58. The van der Waals surface area contributed by atoms with Crippen LogP contribution in [-0.4, -0.2) is 62.7 Å². The Balaban J connectivity index is 1.39. The van der Waals surface area contributed by atoms with Crippen LogP contribution in [0, 0.1) is 0 Å². The molecular formula is C22H25Cl2N3O4. The molecule has 1 aliphatic heterocycles. The number of amides is 2. The van der Waals surface area contributed by atoms with E-state index in [2.05, 4.69) is 15.5 Å². The van der Waals surface area contributed by atoms with Crippen molar-refractivity contribution in [1.82, 2.24) is 15.5 Å². The summed E-state index contributed by atoms with van der Waals surface area (Å²) in [6.07, 6.45) is -0.139. The van der Waals surface area contributed by atoms with Crippen molar-refractivity contribution in [2.75, 3.05) is 39.9 Å². The Labute approximate surface area is 191 Å². The van der Waals surface area contributed by atoms with Crippen LogP contribution in [0.2, 0.25) is 10.0 Å². The second-order valence-corrected chi connectivity index (χ2v) is 8.01. The van der Waals surface area contributed by atoms with Crippen LogP contribution in [0.5, 0.6) is 5.75 Å². The summed E-state index contributed by atoms with van der Waals surface area (Å²) in [7, 11) is 1.56. The number of ketones is 1. The normalized spacial score (nSPS) is 16.5. The summed E-state index contributed by atoms with van der Waals surface area (Å²) in [6.45, 7) is 3.02. The van der Waals surface area contributed by atoms with Gasteiger partial charge in [-0.1, -0.05) is 29.3 Å². The van der Waals surface area contributed by atoms with Crippen LogP contribution >= 0.6 is 23.2 Å². The van der Waals surface area contributed by atoms with E-state index in [1.807, 2.05) is 12.1 Å². The molecule has 9 heteroatoms. The second-order valence-electron chi connectivity index (χ2n) is 7.19. The van der Waals surface area contributed by atoms with Crippen molar-refractivity contribution in [1.29, 1.82) is 0 Å². The predicted molar refractivity (Wildman–Crippen MR) is 120 cm³/mol. The molecule has 7 nitrogen and oxygen atoms in total. The first-order chi connectivity index (χ1) is 14.9. The van der Waals surface area contributed by atoms with Gasteiger partial charge >= 0.3 is 6.03 Å². The van der Waals surface area contributed by atoms with Gasteiger partial charge in [-0.25, -0.2) is 4.79 Å². The Hall–Kier alpha value is -2.32. The van der Waals surface area contributed by atoms with Gasteiger partial charge in [-0.2, -0.15) is 0 Å². The fourth-order valence-electron chi connectivity index (χ4n) is 3.25. The third-order valence-electron chi connectivity index (χ3n) is 4.92. The number of methoxy groups -OCH3 is 1. The number of hydrogen-bond acceptors (Lipinski definition) is 5. The number of Topliss-reactive ketones (excluding diaryl/α,β-unsaturated/α-hetero) is 1. The Morgan fingerprint density at radius 3 is 2.61 bits per heavy atom. The van der Waals surface area contributed by atoms with Crippen molar-refractivity contribution in [2.24, 2.45) is 0 Å². The first-order valence-electron chi connectivity index (χ1n) is 9.91. The summed E-state index contributed by atoms with van der Waals surface area (Å²) in [6, 6.07) is 11.9. The average molecular weight is 466 g/mol. The van der Waals surface area contributed by atoms with E-state index in [0.29, 0.717) is 41.1 Å². The van der Waals surface area contributed by atoms with E-state index in [4.69, 9.17) is 32.7 Å². The fourth-order valence-corrected chi connectivity index (χ4v) is 3.57. The standard InChI is InChI=1S/C22H25Cl2N3O4/c1-30-17-5-3-16(4-6-17)21(28)12-26-22(29)25-11-18-14-27(8-9-31-18)13-15-2-7-19(23)20(24)10-15/h2-7,10,18H,8-9,11-14H2,1H3,(H2,25,26,29)/t18-/m0/s1. The highest BCUT2D eigenvalue weighted by molar-refractivity contribution is 6.42. The van der Waals surface area contributed by atoms with Gasteiger partial charge in [0, 0.05) is 31.7 Å². The van der Waals surface area contributed by atoms with Gasteiger partial charge in [-0.15, -0.1) is 0 Å².